The number of para-hydroxylation sites is 1. The van der Waals surface area contributed by atoms with Gasteiger partial charge < -0.3 is 5.32 Å². The second kappa shape index (κ2) is 5.96. The number of anilines is 2. The SMILES string of the molecule is CCc1cccc(C)c1NC(=O)C(=O)Nc1ncn[nH]1. The van der Waals surface area contributed by atoms with Gasteiger partial charge in [-0.3, -0.25) is 14.9 Å². The number of aryl methyl sites for hydroxylation is 2. The van der Waals surface area contributed by atoms with Crippen LogP contribution in [-0.2, 0) is 16.0 Å². The molecule has 3 N–H and O–H groups in total. The number of rotatable bonds is 3. The largest absolute Gasteiger partial charge is 0.317 e. The fourth-order valence-electron chi connectivity index (χ4n) is 1.80. The number of hydrogen-bond acceptors (Lipinski definition) is 4. The van der Waals surface area contributed by atoms with E-state index in [1.807, 2.05) is 32.0 Å². The summed E-state index contributed by atoms with van der Waals surface area (Å²) in [6, 6.07) is 5.71. The molecule has 0 aliphatic heterocycles. The number of amides is 2. The Kier molecular flexibility index (Phi) is 4.09. The standard InChI is InChI=1S/C13H15N5O2/c1-3-9-6-4-5-8(2)10(9)16-11(19)12(20)17-13-14-7-15-18-13/h4-7H,3H2,1-2H3,(H,16,19)(H2,14,15,17,18,20). The van der Waals surface area contributed by atoms with Crippen LogP contribution in [0, 0.1) is 6.92 Å². The maximum atomic E-state index is 11.9. The Morgan fingerprint density at radius 2 is 2.00 bits per heavy atom. The first-order valence-corrected chi connectivity index (χ1v) is 6.18. The third-order valence-electron chi connectivity index (χ3n) is 2.83. The first-order valence-electron chi connectivity index (χ1n) is 6.18. The Morgan fingerprint density at radius 3 is 2.65 bits per heavy atom. The number of aromatic amines is 1. The smallest absolute Gasteiger partial charge is 0.316 e. The van der Waals surface area contributed by atoms with Gasteiger partial charge in [0.15, 0.2) is 0 Å². The van der Waals surface area contributed by atoms with Crippen LogP contribution >= 0.6 is 0 Å². The van der Waals surface area contributed by atoms with Crippen LogP contribution in [0.4, 0.5) is 11.6 Å². The third kappa shape index (κ3) is 3.00. The van der Waals surface area contributed by atoms with Crippen LogP contribution in [0.2, 0.25) is 0 Å². The average Bonchev–Trinajstić information content (AvgIpc) is 2.93. The van der Waals surface area contributed by atoms with E-state index in [1.165, 1.54) is 6.33 Å². The van der Waals surface area contributed by atoms with Crippen molar-refractivity contribution in [3.8, 4) is 0 Å². The van der Waals surface area contributed by atoms with Crippen molar-refractivity contribution in [2.75, 3.05) is 10.6 Å². The van der Waals surface area contributed by atoms with Gasteiger partial charge in [-0.15, -0.1) is 0 Å². The Bertz CT molecular complexity index is 622. The van der Waals surface area contributed by atoms with Crippen LogP contribution in [0.5, 0.6) is 0 Å². The summed E-state index contributed by atoms with van der Waals surface area (Å²) in [5, 5.41) is 11.0. The normalized spacial score (nSPS) is 10.1. The number of carbonyl (C=O) groups excluding carboxylic acids is 2. The molecule has 0 atom stereocenters. The molecule has 2 aromatic rings. The second-order valence-electron chi connectivity index (χ2n) is 4.20. The molecular weight excluding hydrogens is 258 g/mol. The van der Waals surface area contributed by atoms with Gasteiger partial charge in [-0.25, -0.2) is 5.10 Å². The van der Waals surface area contributed by atoms with E-state index in [0.717, 1.165) is 17.5 Å². The van der Waals surface area contributed by atoms with Crippen LogP contribution in [0.15, 0.2) is 24.5 Å². The number of benzene rings is 1. The highest BCUT2D eigenvalue weighted by atomic mass is 16.2. The van der Waals surface area contributed by atoms with Crippen LogP contribution in [0.3, 0.4) is 0 Å². The fourth-order valence-corrected chi connectivity index (χ4v) is 1.80. The zero-order valence-corrected chi connectivity index (χ0v) is 11.2. The molecule has 0 aliphatic rings. The summed E-state index contributed by atoms with van der Waals surface area (Å²) < 4.78 is 0. The molecule has 1 heterocycles. The molecule has 0 bridgehead atoms. The molecule has 0 radical (unpaired) electrons. The van der Waals surface area contributed by atoms with Gasteiger partial charge in [0.25, 0.3) is 0 Å². The molecule has 7 nitrogen and oxygen atoms in total. The van der Waals surface area contributed by atoms with E-state index in [9.17, 15) is 9.59 Å². The molecule has 0 aliphatic carbocycles. The average molecular weight is 273 g/mol. The topological polar surface area (TPSA) is 99.8 Å². The van der Waals surface area contributed by atoms with E-state index in [4.69, 9.17) is 0 Å². The van der Waals surface area contributed by atoms with E-state index in [-0.39, 0.29) is 5.95 Å². The minimum Gasteiger partial charge on any atom is -0.317 e. The number of nitrogens with one attached hydrogen (secondary N) is 3. The highest BCUT2D eigenvalue weighted by Crippen LogP contribution is 2.20. The van der Waals surface area contributed by atoms with Crippen molar-refractivity contribution < 1.29 is 9.59 Å². The maximum absolute atomic E-state index is 11.9. The summed E-state index contributed by atoms with van der Waals surface area (Å²) in [7, 11) is 0. The zero-order chi connectivity index (χ0) is 14.5. The molecular formula is C13H15N5O2. The van der Waals surface area contributed by atoms with Gasteiger partial charge in [0.1, 0.15) is 6.33 Å². The molecule has 1 aromatic heterocycles. The van der Waals surface area contributed by atoms with Crippen molar-refractivity contribution in [2.24, 2.45) is 0 Å². The summed E-state index contributed by atoms with van der Waals surface area (Å²) in [6.45, 7) is 3.86. The minimum atomic E-state index is -0.799. The van der Waals surface area contributed by atoms with Crippen molar-refractivity contribution in [3.63, 3.8) is 0 Å². The van der Waals surface area contributed by atoms with Crippen LogP contribution in [0.1, 0.15) is 18.1 Å². The monoisotopic (exact) mass is 273 g/mol. The predicted octanol–water partition coefficient (Wildman–Crippen LogP) is 1.25. The second-order valence-corrected chi connectivity index (χ2v) is 4.20. The third-order valence-corrected chi connectivity index (χ3v) is 2.83. The van der Waals surface area contributed by atoms with Crippen molar-refractivity contribution in [2.45, 2.75) is 20.3 Å². The Morgan fingerprint density at radius 1 is 1.25 bits per heavy atom. The fraction of sp³-hybridized carbons (Fsp3) is 0.231. The molecule has 2 rings (SSSR count). The molecule has 0 unspecified atom stereocenters. The van der Waals surface area contributed by atoms with Crippen molar-refractivity contribution in [1.29, 1.82) is 0 Å². The Hall–Kier alpha value is -2.70. The van der Waals surface area contributed by atoms with Crippen molar-refractivity contribution in [1.82, 2.24) is 15.2 Å². The first kappa shape index (κ1) is 13.7. The van der Waals surface area contributed by atoms with E-state index in [0.29, 0.717) is 5.69 Å². The van der Waals surface area contributed by atoms with Gasteiger partial charge in [0.05, 0.1) is 0 Å². The zero-order valence-electron chi connectivity index (χ0n) is 11.2. The van der Waals surface area contributed by atoms with Gasteiger partial charge in [-0.05, 0) is 24.5 Å². The first-order chi connectivity index (χ1) is 9.61. The molecule has 104 valence electrons. The van der Waals surface area contributed by atoms with Crippen LogP contribution < -0.4 is 10.6 Å². The lowest BCUT2D eigenvalue weighted by atomic mass is 10.1. The van der Waals surface area contributed by atoms with Gasteiger partial charge in [-0.1, -0.05) is 25.1 Å². The van der Waals surface area contributed by atoms with Gasteiger partial charge in [0.2, 0.25) is 5.95 Å². The number of aromatic nitrogens is 3. The Balaban J connectivity index is 2.10. The molecule has 1 aromatic carbocycles. The number of nitrogens with zero attached hydrogens (tertiary/aromatic N) is 2. The molecule has 0 spiro atoms. The molecule has 0 saturated heterocycles. The van der Waals surface area contributed by atoms with Crippen LogP contribution in [0.25, 0.3) is 0 Å². The van der Waals surface area contributed by atoms with E-state index < -0.39 is 11.8 Å². The summed E-state index contributed by atoms with van der Waals surface area (Å²) in [4.78, 5) is 27.3. The molecule has 20 heavy (non-hydrogen) atoms. The quantitative estimate of drug-likeness (QED) is 0.733. The van der Waals surface area contributed by atoms with Crippen molar-refractivity contribution >= 4 is 23.5 Å². The van der Waals surface area contributed by atoms with E-state index in [1.54, 1.807) is 0 Å². The maximum Gasteiger partial charge on any atom is 0.316 e. The van der Waals surface area contributed by atoms with E-state index in [2.05, 4.69) is 25.8 Å². The lowest BCUT2D eigenvalue weighted by Crippen LogP contribution is -2.30. The number of hydrogen-bond donors (Lipinski definition) is 3. The van der Waals surface area contributed by atoms with Gasteiger partial charge in [0, 0.05) is 5.69 Å². The molecule has 0 fully saturated rings. The summed E-state index contributed by atoms with van der Waals surface area (Å²) >= 11 is 0. The van der Waals surface area contributed by atoms with Crippen LogP contribution in [-0.4, -0.2) is 27.0 Å². The lowest BCUT2D eigenvalue weighted by Gasteiger charge is -2.12. The lowest BCUT2D eigenvalue weighted by molar-refractivity contribution is -0.133. The Labute approximate surface area is 115 Å². The van der Waals surface area contributed by atoms with E-state index >= 15 is 0 Å². The summed E-state index contributed by atoms with van der Waals surface area (Å²) in [5.74, 6) is -1.41. The molecule has 2 amide bonds. The highest BCUT2D eigenvalue weighted by Gasteiger charge is 2.17. The van der Waals surface area contributed by atoms with Gasteiger partial charge in [-0.2, -0.15) is 10.1 Å². The van der Waals surface area contributed by atoms with Crippen molar-refractivity contribution in [3.05, 3.63) is 35.7 Å². The number of carbonyl (C=O) groups is 2. The van der Waals surface area contributed by atoms with Gasteiger partial charge >= 0.3 is 11.8 Å². The summed E-state index contributed by atoms with van der Waals surface area (Å²) in [6.07, 6.45) is 2.01. The minimum absolute atomic E-state index is 0.130. The number of H-pyrrole nitrogens is 1. The molecule has 7 heteroatoms. The highest BCUT2D eigenvalue weighted by molar-refractivity contribution is 6.43. The summed E-state index contributed by atoms with van der Waals surface area (Å²) in [5.41, 5.74) is 2.56. The predicted molar refractivity (Wildman–Crippen MR) is 74.2 cm³/mol. The molecule has 0 saturated carbocycles.